The third kappa shape index (κ3) is 2.99. The molecule has 0 atom stereocenters. The van der Waals surface area contributed by atoms with E-state index in [4.69, 9.17) is 5.73 Å². The number of benzene rings is 1. The zero-order valence-corrected chi connectivity index (χ0v) is 12.8. The molecule has 118 valence electrons. The summed E-state index contributed by atoms with van der Waals surface area (Å²) < 4.78 is 15.9. The van der Waals surface area contributed by atoms with E-state index in [9.17, 15) is 4.39 Å². The van der Waals surface area contributed by atoms with Crippen LogP contribution in [0.25, 0.3) is 5.69 Å². The highest BCUT2D eigenvalue weighted by Crippen LogP contribution is 2.39. The Hall–Kier alpha value is -1.88. The second-order valence-corrected chi connectivity index (χ2v) is 5.86. The average Bonchev–Trinajstić information content (AvgIpc) is 3.17. The van der Waals surface area contributed by atoms with Crippen molar-refractivity contribution in [1.82, 2.24) is 9.78 Å². The molecule has 2 aromatic rings. The van der Waals surface area contributed by atoms with Crippen molar-refractivity contribution in [3.8, 4) is 5.69 Å². The van der Waals surface area contributed by atoms with Crippen molar-refractivity contribution in [3.63, 3.8) is 0 Å². The Kier molecular flexibility index (Phi) is 4.73. The summed E-state index contributed by atoms with van der Waals surface area (Å²) in [5.74, 6) is 0.209. The molecule has 1 aromatic heterocycles. The molecule has 0 radical (unpaired) electrons. The lowest BCUT2D eigenvalue weighted by atomic mass is 10.0. The van der Waals surface area contributed by atoms with Crippen molar-refractivity contribution in [2.24, 2.45) is 5.73 Å². The van der Waals surface area contributed by atoms with E-state index in [1.807, 2.05) is 12.3 Å². The van der Waals surface area contributed by atoms with Crippen LogP contribution in [0.5, 0.6) is 0 Å². The zero-order chi connectivity index (χ0) is 15.4. The van der Waals surface area contributed by atoms with Gasteiger partial charge < -0.3 is 11.1 Å². The predicted octanol–water partition coefficient (Wildman–Crippen LogP) is 3.43. The maximum atomic E-state index is 14.2. The van der Waals surface area contributed by atoms with Crippen LogP contribution in [0.15, 0.2) is 30.5 Å². The van der Waals surface area contributed by atoms with E-state index in [1.165, 1.54) is 18.9 Å². The number of para-hydroxylation sites is 1. The number of anilines is 1. The van der Waals surface area contributed by atoms with Crippen LogP contribution in [0.2, 0.25) is 0 Å². The van der Waals surface area contributed by atoms with Gasteiger partial charge in [0.05, 0.1) is 17.6 Å². The van der Waals surface area contributed by atoms with Gasteiger partial charge in [0.25, 0.3) is 0 Å². The number of nitrogens with zero attached hydrogens (tertiary/aromatic N) is 2. The summed E-state index contributed by atoms with van der Waals surface area (Å²) in [4.78, 5) is 0. The Balaban J connectivity index is 1.97. The van der Waals surface area contributed by atoms with Gasteiger partial charge in [-0.05, 0) is 37.9 Å². The molecule has 3 N–H and O–H groups in total. The van der Waals surface area contributed by atoms with Crippen LogP contribution in [0.3, 0.4) is 0 Å². The lowest BCUT2D eigenvalue weighted by molar-refractivity contribution is 0.593. The number of rotatable bonds is 6. The molecule has 4 nitrogen and oxygen atoms in total. The van der Waals surface area contributed by atoms with Crippen LogP contribution in [-0.2, 0) is 0 Å². The molecule has 0 amide bonds. The van der Waals surface area contributed by atoms with Crippen LogP contribution in [0.4, 0.5) is 10.1 Å². The molecule has 1 aromatic carbocycles. The van der Waals surface area contributed by atoms with E-state index in [0.717, 1.165) is 37.2 Å². The van der Waals surface area contributed by atoms with Crippen molar-refractivity contribution in [2.75, 3.05) is 18.4 Å². The Morgan fingerprint density at radius 2 is 2.05 bits per heavy atom. The lowest BCUT2D eigenvalue weighted by Crippen LogP contribution is -2.12. The Morgan fingerprint density at radius 3 is 2.77 bits per heavy atom. The van der Waals surface area contributed by atoms with Crippen LogP contribution in [-0.4, -0.2) is 22.9 Å². The normalized spacial score (nSPS) is 15.4. The molecule has 0 aliphatic heterocycles. The van der Waals surface area contributed by atoms with Gasteiger partial charge in [0.1, 0.15) is 11.5 Å². The highest BCUT2D eigenvalue weighted by Gasteiger charge is 2.25. The smallest absolute Gasteiger partial charge is 0.148 e. The van der Waals surface area contributed by atoms with E-state index in [1.54, 1.807) is 16.8 Å². The Labute approximate surface area is 130 Å². The molecule has 1 aliphatic rings. The fourth-order valence-electron chi connectivity index (χ4n) is 3.23. The number of nitrogens with two attached hydrogens (primary N) is 1. The first-order valence-electron chi connectivity index (χ1n) is 8.08. The lowest BCUT2D eigenvalue weighted by Gasteiger charge is -2.16. The molecule has 5 heteroatoms. The molecular formula is C17H23FN4. The van der Waals surface area contributed by atoms with Crippen molar-refractivity contribution in [3.05, 3.63) is 42.0 Å². The second kappa shape index (κ2) is 6.92. The predicted molar refractivity (Wildman–Crippen MR) is 86.9 cm³/mol. The molecule has 0 unspecified atom stereocenters. The first-order chi connectivity index (χ1) is 10.8. The summed E-state index contributed by atoms with van der Waals surface area (Å²) in [7, 11) is 0. The topological polar surface area (TPSA) is 55.9 Å². The minimum absolute atomic E-state index is 0.238. The van der Waals surface area contributed by atoms with Gasteiger partial charge in [-0.2, -0.15) is 5.10 Å². The molecule has 1 fully saturated rings. The molecule has 1 heterocycles. The number of hydrogen-bond acceptors (Lipinski definition) is 3. The maximum Gasteiger partial charge on any atom is 0.148 e. The van der Waals surface area contributed by atoms with Crippen molar-refractivity contribution >= 4 is 5.69 Å². The van der Waals surface area contributed by atoms with Gasteiger partial charge in [0, 0.05) is 12.5 Å². The van der Waals surface area contributed by atoms with Crippen molar-refractivity contribution in [1.29, 1.82) is 0 Å². The number of aromatic nitrogens is 2. The molecule has 0 bridgehead atoms. The van der Waals surface area contributed by atoms with Crippen LogP contribution in [0.1, 0.15) is 43.7 Å². The van der Waals surface area contributed by atoms with Gasteiger partial charge in [-0.3, -0.25) is 0 Å². The number of nitrogens with one attached hydrogen (secondary N) is 1. The summed E-state index contributed by atoms with van der Waals surface area (Å²) in [6.07, 6.45) is 7.48. The standard InChI is InChI=1S/C17H23FN4/c18-14-8-3-4-9-16(14)22-17(13-6-1-2-7-13)15(12-21-22)20-11-5-10-19/h3-4,8-9,12-13,20H,1-2,5-7,10-11,19H2. The summed E-state index contributed by atoms with van der Waals surface area (Å²) in [5.41, 5.74) is 8.21. The maximum absolute atomic E-state index is 14.2. The molecule has 0 spiro atoms. The third-order valence-electron chi connectivity index (χ3n) is 4.33. The Bertz CT molecular complexity index is 617. The molecule has 3 rings (SSSR count). The first kappa shape index (κ1) is 15.0. The summed E-state index contributed by atoms with van der Waals surface area (Å²) in [5, 5.41) is 7.87. The quantitative estimate of drug-likeness (QED) is 0.804. The van der Waals surface area contributed by atoms with Crippen LogP contribution < -0.4 is 11.1 Å². The molecule has 1 saturated carbocycles. The van der Waals surface area contributed by atoms with E-state index in [2.05, 4.69) is 10.4 Å². The molecular weight excluding hydrogens is 279 g/mol. The monoisotopic (exact) mass is 302 g/mol. The summed E-state index contributed by atoms with van der Waals surface area (Å²) >= 11 is 0. The Morgan fingerprint density at radius 1 is 1.27 bits per heavy atom. The van der Waals surface area contributed by atoms with Gasteiger partial charge >= 0.3 is 0 Å². The minimum atomic E-state index is -0.238. The summed E-state index contributed by atoms with van der Waals surface area (Å²) in [6, 6.07) is 6.82. The number of hydrogen-bond donors (Lipinski definition) is 2. The third-order valence-corrected chi connectivity index (χ3v) is 4.33. The fraction of sp³-hybridized carbons (Fsp3) is 0.471. The largest absolute Gasteiger partial charge is 0.382 e. The minimum Gasteiger partial charge on any atom is -0.382 e. The van der Waals surface area contributed by atoms with E-state index in [-0.39, 0.29) is 5.82 Å². The molecule has 22 heavy (non-hydrogen) atoms. The highest BCUT2D eigenvalue weighted by molar-refractivity contribution is 5.52. The van der Waals surface area contributed by atoms with Gasteiger partial charge in [-0.1, -0.05) is 25.0 Å². The van der Waals surface area contributed by atoms with Gasteiger partial charge in [0.2, 0.25) is 0 Å². The van der Waals surface area contributed by atoms with E-state index in [0.29, 0.717) is 18.2 Å². The van der Waals surface area contributed by atoms with Crippen molar-refractivity contribution < 1.29 is 4.39 Å². The fourth-order valence-corrected chi connectivity index (χ4v) is 3.23. The zero-order valence-electron chi connectivity index (χ0n) is 12.8. The summed E-state index contributed by atoms with van der Waals surface area (Å²) in [6.45, 7) is 1.48. The second-order valence-electron chi connectivity index (χ2n) is 5.86. The van der Waals surface area contributed by atoms with E-state index < -0.39 is 0 Å². The van der Waals surface area contributed by atoms with Gasteiger partial charge in [0.15, 0.2) is 0 Å². The molecule has 0 saturated heterocycles. The first-order valence-corrected chi connectivity index (χ1v) is 8.08. The highest BCUT2D eigenvalue weighted by atomic mass is 19.1. The van der Waals surface area contributed by atoms with Gasteiger partial charge in [-0.25, -0.2) is 9.07 Å². The van der Waals surface area contributed by atoms with E-state index >= 15 is 0 Å². The number of halogens is 1. The van der Waals surface area contributed by atoms with Crippen LogP contribution >= 0.6 is 0 Å². The SMILES string of the molecule is NCCCNc1cnn(-c2ccccc2F)c1C1CCCC1. The van der Waals surface area contributed by atoms with Crippen molar-refractivity contribution in [2.45, 2.75) is 38.0 Å². The average molecular weight is 302 g/mol. The van der Waals surface area contributed by atoms with Gasteiger partial charge in [-0.15, -0.1) is 0 Å². The molecule has 1 aliphatic carbocycles. The van der Waals surface area contributed by atoms with Crippen LogP contribution in [0, 0.1) is 5.82 Å².